The van der Waals surface area contributed by atoms with Crippen molar-refractivity contribution in [3.63, 3.8) is 0 Å². The standard InChI is InChI=1S/C18H19NO2/c20-15-9-4-6-13(12-15)18(16-10-5-11-17(16)21)19-14-7-2-1-3-8-14/h1-4,6-9,12,16,18-20H,5,10-11H2/t16-,18+/m0/s1. The largest absolute Gasteiger partial charge is 0.508 e. The predicted octanol–water partition coefficient (Wildman–Crippen LogP) is 3.91. The van der Waals surface area contributed by atoms with Gasteiger partial charge in [0.2, 0.25) is 0 Å². The van der Waals surface area contributed by atoms with Gasteiger partial charge >= 0.3 is 0 Å². The van der Waals surface area contributed by atoms with Crippen molar-refractivity contribution in [2.45, 2.75) is 25.3 Å². The van der Waals surface area contributed by atoms with Crippen molar-refractivity contribution in [2.75, 3.05) is 5.32 Å². The minimum Gasteiger partial charge on any atom is -0.508 e. The second-order valence-electron chi connectivity index (χ2n) is 5.55. The van der Waals surface area contributed by atoms with Crippen molar-refractivity contribution in [3.8, 4) is 5.75 Å². The Bertz CT molecular complexity index is 624. The fourth-order valence-corrected chi connectivity index (χ4v) is 3.04. The molecule has 1 saturated carbocycles. The van der Waals surface area contributed by atoms with Crippen LogP contribution in [0.4, 0.5) is 5.69 Å². The zero-order valence-electron chi connectivity index (χ0n) is 11.8. The first-order chi connectivity index (χ1) is 10.2. The summed E-state index contributed by atoms with van der Waals surface area (Å²) in [5.74, 6) is 0.525. The highest BCUT2D eigenvalue weighted by Gasteiger charge is 2.33. The number of rotatable bonds is 4. The molecule has 1 aliphatic carbocycles. The maximum atomic E-state index is 12.2. The highest BCUT2D eigenvalue weighted by molar-refractivity contribution is 5.84. The number of anilines is 1. The van der Waals surface area contributed by atoms with Gasteiger partial charge in [0.15, 0.2) is 0 Å². The van der Waals surface area contributed by atoms with Crippen LogP contribution in [-0.4, -0.2) is 10.9 Å². The van der Waals surface area contributed by atoms with Gasteiger partial charge in [0, 0.05) is 18.0 Å². The van der Waals surface area contributed by atoms with Gasteiger partial charge in [-0.25, -0.2) is 0 Å². The maximum absolute atomic E-state index is 12.2. The average Bonchev–Trinajstić information content (AvgIpc) is 2.92. The van der Waals surface area contributed by atoms with Crippen molar-refractivity contribution >= 4 is 11.5 Å². The van der Waals surface area contributed by atoms with Gasteiger partial charge in [-0.2, -0.15) is 0 Å². The lowest BCUT2D eigenvalue weighted by Gasteiger charge is -2.25. The van der Waals surface area contributed by atoms with E-state index in [0.717, 1.165) is 24.1 Å². The summed E-state index contributed by atoms with van der Waals surface area (Å²) in [5.41, 5.74) is 1.95. The Hall–Kier alpha value is -2.29. The van der Waals surface area contributed by atoms with Gasteiger partial charge in [0.25, 0.3) is 0 Å². The molecule has 3 rings (SSSR count). The first-order valence-corrected chi connectivity index (χ1v) is 7.37. The Morgan fingerprint density at radius 1 is 1.10 bits per heavy atom. The van der Waals surface area contributed by atoms with Gasteiger partial charge < -0.3 is 10.4 Å². The monoisotopic (exact) mass is 281 g/mol. The topological polar surface area (TPSA) is 49.3 Å². The number of nitrogens with one attached hydrogen (secondary N) is 1. The van der Waals surface area contributed by atoms with Crippen LogP contribution in [0.2, 0.25) is 0 Å². The van der Waals surface area contributed by atoms with E-state index in [9.17, 15) is 9.90 Å². The number of hydrogen-bond donors (Lipinski definition) is 2. The lowest BCUT2D eigenvalue weighted by Crippen LogP contribution is -2.24. The third-order valence-electron chi connectivity index (χ3n) is 4.08. The van der Waals surface area contributed by atoms with Crippen molar-refractivity contribution in [3.05, 3.63) is 60.2 Å². The molecular formula is C18H19NO2. The maximum Gasteiger partial charge on any atom is 0.138 e. The Morgan fingerprint density at radius 2 is 1.90 bits per heavy atom. The number of carbonyl (C=O) groups excluding carboxylic acids is 1. The highest BCUT2D eigenvalue weighted by Crippen LogP contribution is 2.36. The summed E-state index contributed by atoms with van der Waals surface area (Å²) in [7, 11) is 0. The van der Waals surface area contributed by atoms with Crippen LogP contribution in [-0.2, 0) is 4.79 Å². The molecule has 0 heterocycles. The zero-order chi connectivity index (χ0) is 14.7. The molecule has 0 amide bonds. The van der Waals surface area contributed by atoms with Crippen LogP contribution >= 0.6 is 0 Å². The number of carbonyl (C=O) groups is 1. The molecular weight excluding hydrogens is 262 g/mol. The minimum absolute atomic E-state index is 0.0213. The molecule has 0 saturated heterocycles. The van der Waals surface area contributed by atoms with Crippen molar-refractivity contribution in [1.82, 2.24) is 0 Å². The number of phenolic OH excluding ortho intramolecular Hbond substituents is 1. The van der Waals surface area contributed by atoms with Crippen molar-refractivity contribution in [1.29, 1.82) is 0 Å². The molecule has 1 fully saturated rings. The van der Waals surface area contributed by atoms with Gasteiger partial charge in [-0.05, 0) is 42.7 Å². The lowest BCUT2D eigenvalue weighted by atomic mass is 9.90. The molecule has 0 unspecified atom stereocenters. The van der Waals surface area contributed by atoms with Crippen LogP contribution in [0.25, 0.3) is 0 Å². The molecule has 3 nitrogen and oxygen atoms in total. The van der Waals surface area contributed by atoms with Gasteiger partial charge in [-0.3, -0.25) is 4.79 Å². The van der Waals surface area contributed by atoms with Gasteiger partial charge in [0.1, 0.15) is 11.5 Å². The normalized spacial score (nSPS) is 19.4. The van der Waals surface area contributed by atoms with E-state index in [4.69, 9.17) is 0 Å². The van der Waals surface area contributed by atoms with Gasteiger partial charge in [-0.15, -0.1) is 0 Å². The van der Waals surface area contributed by atoms with Crippen LogP contribution in [0.3, 0.4) is 0 Å². The van der Waals surface area contributed by atoms with Crippen molar-refractivity contribution in [2.24, 2.45) is 5.92 Å². The molecule has 0 radical (unpaired) electrons. The third-order valence-corrected chi connectivity index (χ3v) is 4.08. The number of phenols is 1. The molecule has 2 aromatic carbocycles. The van der Waals surface area contributed by atoms with E-state index >= 15 is 0 Å². The number of benzene rings is 2. The summed E-state index contributed by atoms with van der Waals surface area (Å²) in [6.07, 6.45) is 2.52. The second kappa shape index (κ2) is 6.00. The Balaban J connectivity index is 1.92. The lowest BCUT2D eigenvalue weighted by molar-refractivity contribution is -0.121. The SMILES string of the molecule is O=C1CCC[C@@H]1[C@H](Nc1ccccc1)c1cccc(O)c1. The molecule has 2 N–H and O–H groups in total. The van der Waals surface area contributed by atoms with Crippen LogP contribution in [0.5, 0.6) is 5.75 Å². The summed E-state index contributed by atoms with van der Waals surface area (Å²) < 4.78 is 0. The number of ketones is 1. The molecule has 3 heteroatoms. The number of hydrogen-bond acceptors (Lipinski definition) is 3. The highest BCUT2D eigenvalue weighted by atomic mass is 16.3. The van der Waals surface area contributed by atoms with E-state index < -0.39 is 0 Å². The molecule has 0 aromatic heterocycles. The number of Topliss-reactive ketones (excluding diaryl/α,β-unsaturated/α-hetero) is 1. The molecule has 0 spiro atoms. The second-order valence-corrected chi connectivity index (χ2v) is 5.55. The van der Waals surface area contributed by atoms with E-state index in [-0.39, 0.29) is 17.7 Å². The summed E-state index contributed by atoms with van der Waals surface area (Å²) in [6, 6.07) is 17.0. The predicted molar refractivity (Wildman–Crippen MR) is 83.3 cm³/mol. The zero-order valence-corrected chi connectivity index (χ0v) is 11.8. The van der Waals surface area contributed by atoms with E-state index in [0.29, 0.717) is 12.2 Å². The summed E-state index contributed by atoms with van der Waals surface area (Å²) in [6.45, 7) is 0. The summed E-state index contributed by atoms with van der Waals surface area (Å²) >= 11 is 0. The number of aromatic hydroxyl groups is 1. The fraction of sp³-hybridized carbons (Fsp3) is 0.278. The molecule has 2 aromatic rings. The van der Waals surface area contributed by atoms with E-state index in [1.54, 1.807) is 12.1 Å². The van der Waals surface area contributed by atoms with Crippen LogP contribution < -0.4 is 5.32 Å². The summed E-state index contributed by atoms with van der Waals surface area (Å²) in [5, 5.41) is 13.2. The molecule has 0 aliphatic heterocycles. The molecule has 0 bridgehead atoms. The van der Waals surface area contributed by atoms with Gasteiger partial charge in [0.05, 0.1) is 6.04 Å². The quantitative estimate of drug-likeness (QED) is 0.893. The third kappa shape index (κ3) is 3.07. The Morgan fingerprint density at radius 3 is 2.57 bits per heavy atom. The number of para-hydroxylation sites is 1. The average molecular weight is 281 g/mol. The molecule has 2 atom stereocenters. The van der Waals surface area contributed by atoms with Crippen LogP contribution in [0.15, 0.2) is 54.6 Å². The molecule has 21 heavy (non-hydrogen) atoms. The van der Waals surface area contributed by atoms with Crippen molar-refractivity contribution < 1.29 is 9.90 Å². The minimum atomic E-state index is -0.0884. The van der Waals surface area contributed by atoms with Gasteiger partial charge in [-0.1, -0.05) is 30.3 Å². The smallest absolute Gasteiger partial charge is 0.138 e. The molecule has 108 valence electrons. The fourth-order valence-electron chi connectivity index (χ4n) is 3.04. The van der Waals surface area contributed by atoms with E-state index in [1.807, 2.05) is 42.5 Å². The first-order valence-electron chi connectivity index (χ1n) is 7.37. The van der Waals surface area contributed by atoms with E-state index in [1.165, 1.54) is 0 Å². The van der Waals surface area contributed by atoms with Crippen LogP contribution in [0.1, 0.15) is 30.9 Å². The molecule has 1 aliphatic rings. The Labute approximate surface area is 124 Å². The Kier molecular flexibility index (Phi) is 3.91. The van der Waals surface area contributed by atoms with Crippen LogP contribution in [0, 0.1) is 5.92 Å². The summed E-state index contributed by atoms with van der Waals surface area (Å²) in [4.78, 5) is 12.2. The van der Waals surface area contributed by atoms with E-state index in [2.05, 4.69) is 5.32 Å². The first kappa shape index (κ1) is 13.7.